The van der Waals surface area contributed by atoms with Crippen LogP contribution in [0.25, 0.3) is 0 Å². The number of halogens is 2. The number of hydrogen-bond donors (Lipinski definition) is 1. The molecule has 1 aromatic carbocycles. The maximum Gasteiger partial charge on any atom is 0.124 e. The highest BCUT2D eigenvalue weighted by Crippen LogP contribution is 2.27. The van der Waals surface area contributed by atoms with Crippen molar-refractivity contribution in [3.63, 3.8) is 0 Å². The topological polar surface area (TPSA) is 25.2 Å². The summed E-state index contributed by atoms with van der Waals surface area (Å²) in [6.07, 6.45) is 3.37. The van der Waals surface area contributed by atoms with Crippen LogP contribution in [0.15, 0.2) is 39.4 Å². The van der Waals surface area contributed by atoms with Crippen LogP contribution in [0.2, 0.25) is 0 Å². The molecule has 0 aliphatic rings. The zero-order valence-corrected chi connectivity index (χ0v) is 12.6. The number of benzene rings is 1. The molecule has 102 valence electrons. The lowest BCUT2D eigenvalue weighted by molar-refractivity contribution is 0.495. The molecular weight excluding hydrogens is 309 g/mol. The second-order valence-electron chi connectivity index (χ2n) is 4.43. The fourth-order valence-corrected chi connectivity index (χ4v) is 2.74. The van der Waals surface area contributed by atoms with E-state index < -0.39 is 0 Å². The predicted octanol–water partition coefficient (Wildman–Crippen LogP) is 4.25. The molecule has 0 fully saturated rings. The molecule has 19 heavy (non-hydrogen) atoms. The Morgan fingerprint density at radius 2 is 2.16 bits per heavy atom. The van der Waals surface area contributed by atoms with E-state index in [4.69, 9.17) is 4.42 Å². The standard InChI is InChI=1S/C15H17BrFNO/c1-3-15-12(6-7-19-15)14(18-2)8-10-4-5-11(17)9-13(10)16/h4-7,9,14,18H,3,8H2,1-2H3. The van der Waals surface area contributed by atoms with Crippen LogP contribution in [0.4, 0.5) is 4.39 Å². The third-order valence-electron chi connectivity index (χ3n) is 3.26. The van der Waals surface area contributed by atoms with Crippen molar-refractivity contribution >= 4 is 15.9 Å². The van der Waals surface area contributed by atoms with E-state index in [2.05, 4.69) is 28.2 Å². The third kappa shape index (κ3) is 3.25. The quantitative estimate of drug-likeness (QED) is 0.889. The van der Waals surface area contributed by atoms with E-state index in [-0.39, 0.29) is 11.9 Å². The molecule has 0 bridgehead atoms. The number of hydrogen-bond acceptors (Lipinski definition) is 2. The second kappa shape index (κ2) is 6.35. The van der Waals surface area contributed by atoms with Crippen LogP contribution < -0.4 is 5.32 Å². The van der Waals surface area contributed by atoms with Gasteiger partial charge >= 0.3 is 0 Å². The minimum Gasteiger partial charge on any atom is -0.469 e. The lowest BCUT2D eigenvalue weighted by Gasteiger charge is -2.17. The lowest BCUT2D eigenvalue weighted by Crippen LogP contribution is -2.19. The molecule has 2 nitrogen and oxygen atoms in total. The molecule has 4 heteroatoms. The summed E-state index contributed by atoms with van der Waals surface area (Å²) in [5.41, 5.74) is 2.24. The van der Waals surface area contributed by atoms with Crippen LogP contribution in [0.5, 0.6) is 0 Å². The maximum atomic E-state index is 13.1. The van der Waals surface area contributed by atoms with Crippen LogP contribution in [-0.4, -0.2) is 7.05 Å². The van der Waals surface area contributed by atoms with E-state index in [1.165, 1.54) is 17.7 Å². The van der Waals surface area contributed by atoms with Gasteiger partial charge in [0, 0.05) is 22.5 Å². The molecule has 2 aromatic rings. The Morgan fingerprint density at radius 1 is 1.37 bits per heavy atom. The number of nitrogens with one attached hydrogen (secondary N) is 1. The van der Waals surface area contributed by atoms with E-state index in [1.54, 1.807) is 6.26 Å². The van der Waals surface area contributed by atoms with Gasteiger partial charge in [-0.2, -0.15) is 0 Å². The summed E-state index contributed by atoms with van der Waals surface area (Å²) < 4.78 is 19.4. The Morgan fingerprint density at radius 3 is 2.79 bits per heavy atom. The Labute approximate surface area is 121 Å². The fraction of sp³-hybridized carbons (Fsp3) is 0.333. The van der Waals surface area contributed by atoms with Crippen molar-refractivity contribution in [2.24, 2.45) is 0 Å². The summed E-state index contributed by atoms with van der Waals surface area (Å²) in [5, 5.41) is 3.29. The molecule has 2 rings (SSSR count). The SMILES string of the molecule is CCc1occc1C(Cc1ccc(F)cc1Br)NC. The molecule has 1 heterocycles. The zero-order valence-electron chi connectivity index (χ0n) is 11.0. The number of furan rings is 1. The van der Waals surface area contributed by atoms with E-state index in [1.807, 2.05) is 19.2 Å². The van der Waals surface area contributed by atoms with Gasteiger partial charge in [0.15, 0.2) is 0 Å². The van der Waals surface area contributed by atoms with Crippen molar-refractivity contribution in [1.29, 1.82) is 0 Å². The van der Waals surface area contributed by atoms with Gasteiger partial charge in [0.25, 0.3) is 0 Å². The average Bonchev–Trinajstić information content (AvgIpc) is 2.86. The Kier molecular flexibility index (Phi) is 4.77. The largest absolute Gasteiger partial charge is 0.469 e. The first-order valence-corrected chi connectivity index (χ1v) is 7.12. The summed E-state index contributed by atoms with van der Waals surface area (Å²) in [5.74, 6) is 0.770. The second-order valence-corrected chi connectivity index (χ2v) is 5.29. The predicted molar refractivity (Wildman–Crippen MR) is 77.7 cm³/mol. The summed E-state index contributed by atoms with van der Waals surface area (Å²) in [6, 6.07) is 6.96. The van der Waals surface area contributed by atoms with Gasteiger partial charge in [-0.3, -0.25) is 0 Å². The highest BCUT2D eigenvalue weighted by Gasteiger charge is 2.17. The van der Waals surface area contributed by atoms with Gasteiger partial charge < -0.3 is 9.73 Å². The number of rotatable bonds is 5. The summed E-state index contributed by atoms with van der Waals surface area (Å²) in [7, 11) is 1.93. The summed E-state index contributed by atoms with van der Waals surface area (Å²) >= 11 is 3.41. The first-order valence-electron chi connectivity index (χ1n) is 6.33. The smallest absolute Gasteiger partial charge is 0.124 e. The molecule has 1 atom stereocenters. The normalized spacial score (nSPS) is 12.6. The van der Waals surface area contributed by atoms with Gasteiger partial charge in [0.1, 0.15) is 11.6 Å². The molecule has 0 radical (unpaired) electrons. The molecule has 0 amide bonds. The summed E-state index contributed by atoms with van der Waals surface area (Å²) in [6.45, 7) is 2.07. The van der Waals surface area contributed by atoms with Crippen LogP contribution in [0.1, 0.15) is 29.9 Å². The van der Waals surface area contributed by atoms with Crippen molar-refractivity contribution in [2.75, 3.05) is 7.05 Å². The van der Waals surface area contributed by atoms with E-state index in [9.17, 15) is 4.39 Å². The molecule has 1 unspecified atom stereocenters. The first kappa shape index (κ1) is 14.3. The van der Waals surface area contributed by atoms with Crippen molar-refractivity contribution in [3.05, 3.63) is 57.7 Å². The molecule has 0 saturated carbocycles. The zero-order chi connectivity index (χ0) is 13.8. The van der Waals surface area contributed by atoms with E-state index in [0.29, 0.717) is 0 Å². The maximum absolute atomic E-state index is 13.1. The average molecular weight is 326 g/mol. The Hall–Kier alpha value is -1.13. The lowest BCUT2D eigenvalue weighted by atomic mass is 9.98. The Bertz CT molecular complexity index is 553. The first-order chi connectivity index (χ1) is 9.15. The number of likely N-dealkylation sites (N-methyl/N-ethyl adjacent to an activating group) is 1. The molecule has 0 aliphatic carbocycles. The van der Waals surface area contributed by atoms with Gasteiger partial charge in [-0.15, -0.1) is 0 Å². The monoisotopic (exact) mass is 325 g/mol. The van der Waals surface area contributed by atoms with Crippen molar-refractivity contribution in [1.82, 2.24) is 5.32 Å². The molecule has 0 spiro atoms. The molecular formula is C15H17BrFNO. The third-order valence-corrected chi connectivity index (χ3v) is 4.00. The number of aryl methyl sites for hydroxylation is 1. The molecule has 0 saturated heterocycles. The van der Waals surface area contributed by atoms with E-state index in [0.717, 1.165) is 28.6 Å². The van der Waals surface area contributed by atoms with Crippen LogP contribution in [-0.2, 0) is 12.8 Å². The van der Waals surface area contributed by atoms with Crippen LogP contribution >= 0.6 is 15.9 Å². The van der Waals surface area contributed by atoms with Crippen molar-refractivity contribution < 1.29 is 8.81 Å². The van der Waals surface area contributed by atoms with Crippen LogP contribution in [0.3, 0.4) is 0 Å². The van der Waals surface area contributed by atoms with Gasteiger partial charge in [-0.1, -0.05) is 28.9 Å². The summed E-state index contributed by atoms with van der Waals surface area (Å²) in [4.78, 5) is 0. The van der Waals surface area contributed by atoms with Crippen LogP contribution in [0, 0.1) is 5.82 Å². The van der Waals surface area contributed by atoms with Gasteiger partial charge in [-0.25, -0.2) is 4.39 Å². The minimum atomic E-state index is -0.228. The minimum absolute atomic E-state index is 0.162. The highest BCUT2D eigenvalue weighted by molar-refractivity contribution is 9.10. The molecule has 1 aromatic heterocycles. The fourth-order valence-electron chi connectivity index (χ4n) is 2.22. The van der Waals surface area contributed by atoms with Crippen molar-refractivity contribution in [2.45, 2.75) is 25.8 Å². The highest BCUT2D eigenvalue weighted by atomic mass is 79.9. The molecule has 0 aliphatic heterocycles. The van der Waals surface area contributed by atoms with Crippen molar-refractivity contribution in [3.8, 4) is 0 Å². The molecule has 1 N–H and O–H groups in total. The Balaban J connectivity index is 2.24. The van der Waals surface area contributed by atoms with Gasteiger partial charge in [0.2, 0.25) is 0 Å². The van der Waals surface area contributed by atoms with Gasteiger partial charge in [0.05, 0.1) is 6.26 Å². The van der Waals surface area contributed by atoms with Gasteiger partial charge in [-0.05, 0) is 37.2 Å². The van der Waals surface area contributed by atoms with E-state index >= 15 is 0 Å².